The predicted molar refractivity (Wildman–Crippen MR) is 78.0 cm³/mol. The van der Waals surface area contributed by atoms with Gasteiger partial charge in [-0.05, 0) is 30.7 Å². The highest BCUT2D eigenvalue weighted by molar-refractivity contribution is 5.75. The first-order valence-corrected chi connectivity index (χ1v) is 6.92. The minimum absolute atomic E-state index is 0.00285. The molecule has 0 aliphatic carbocycles. The van der Waals surface area contributed by atoms with Crippen LogP contribution in [0.15, 0.2) is 30.3 Å². The van der Waals surface area contributed by atoms with Gasteiger partial charge < -0.3 is 10.4 Å². The maximum absolute atomic E-state index is 11.7. The van der Waals surface area contributed by atoms with Gasteiger partial charge in [0, 0.05) is 13.0 Å². The van der Waals surface area contributed by atoms with Crippen molar-refractivity contribution in [3.63, 3.8) is 0 Å². The lowest BCUT2D eigenvalue weighted by molar-refractivity contribution is -0.121. The summed E-state index contributed by atoms with van der Waals surface area (Å²) in [5, 5.41) is 12.0. The SMILES string of the molecule is CC(O)CCNC(=O)CCC(C)(C)c1ccccc1. The molecule has 0 fully saturated rings. The number of hydrogen-bond acceptors (Lipinski definition) is 2. The molecular weight excluding hydrogens is 238 g/mol. The molecule has 106 valence electrons. The molecule has 2 N–H and O–H groups in total. The van der Waals surface area contributed by atoms with Crippen LogP contribution in [0.1, 0.15) is 45.6 Å². The first-order chi connectivity index (χ1) is 8.92. The van der Waals surface area contributed by atoms with Gasteiger partial charge in [-0.25, -0.2) is 0 Å². The van der Waals surface area contributed by atoms with E-state index in [1.807, 2.05) is 18.2 Å². The van der Waals surface area contributed by atoms with Crippen LogP contribution in [-0.4, -0.2) is 23.7 Å². The first kappa shape index (κ1) is 15.7. The molecule has 1 rings (SSSR count). The zero-order valence-corrected chi connectivity index (χ0v) is 12.1. The summed E-state index contributed by atoms with van der Waals surface area (Å²) in [6, 6.07) is 10.3. The Bertz CT molecular complexity index is 385. The fourth-order valence-corrected chi connectivity index (χ4v) is 1.97. The molecule has 1 atom stereocenters. The Morgan fingerprint density at radius 1 is 1.32 bits per heavy atom. The van der Waals surface area contributed by atoms with E-state index >= 15 is 0 Å². The standard InChI is InChI=1S/C16H25NO2/c1-13(18)10-12-17-15(19)9-11-16(2,3)14-7-5-4-6-8-14/h4-8,13,18H,9-12H2,1-3H3,(H,17,19). The van der Waals surface area contributed by atoms with E-state index in [1.54, 1.807) is 6.92 Å². The van der Waals surface area contributed by atoms with Crippen molar-refractivity contribution in [2.75, 3.05) is 6.54 Å². The van der Waals surface area contributed by atoms with Crippen molar-refractivity contribution < 1.29 is 9.90 Å². The van der Waals surface area contributed by atoms with Crippen LogP contribution in [0.3, 0.4) is 0 Å². The van der Waals surface area contributed by atoms with E-state index in [0.29, 0.717) is 19.4 Å². The summed E-state index contributed by atoms with van der Waals surface area (Å²) in [6.07, 6.45) is 1.58. The quantitative estimate of drug-likeness (QED) is 0.794. The van der Waals surface area contributed by atoms with Crippen molar-refractivity contribution >= 4 is 5.91 Å². The molecule has 0 aliphatic rings. The monoisotopic (exact) mass is 263 g/mol. The van der Waals surface area contributed by atoms with Gasteiger partial charge in [-0.1, -0.05) is 44.2 Å². The average molecular weight is 263 g/mol. The molecule has 1 aromatic rings. The lowest BCUT2D eigenvalue weighted by Crippen LogP contribution is -2.28. The van der Waals surface area contributed by atoms with Gasteiger partial charge in [0.15, 0.2) is 0 Å². The molecule has 0 saturated heterocycles. The summed E-state index contributed by atoms with van der Waals surface area (Å²) < 4.78 is 0. The van der Waals surface area contributed by atoms with E-state index < -0.39 is 0 Å². The van der Waals surface area contributed by atoms with Crippen LogP contribution in [0.5, 0.6) is 0 Å². The highest BCUT2D eigenvalue weighted by atomic mass is 16.3. The third-order valence-corrected chi connectivity index (χ3v) is 3.42. The van der Waals surface area contributed by atoms with Crippen molar-refractivity contribution in [2.24, 2.45) is 0 Å². The molecule has 3 nitrogen and oxygen atoms in total. The summed E-state index contributed by atoms with van der Waals surface area (Å²) in [7, 11) is 0. The number of benzene rings is 1. The van der Waals surface area contributed by atoms with E-state index in [0.717, 1.165) is 6.42 Å². The third kappa shape index (κ3) is 5.88. The van der Waals surface area contributed by atoms with Gasteiger partial charge in [0.25, 0.3) is 0 Å². The fourth-order valence-electron chi connectivity index (χ4n) is 1.97. The average Bonchev–Trinajstić information content (AvgIpc) is 2.37. The number of nitrogens with one attached hydrogen (secondary N) is 1. The fraction of sp³-hybridized carbons (Fsp3) is 0.562. The zero-order chi connectivity index (χ0) is 14.3. The molecule has 1 amide bonds. The number of rotatable bonds is 7. The van der Waals surface area contributed by atoms with Crippen LogP contribution in [0.2, 0.25) is 0 Å². The first-order valence-electron chi connectivity index (χ1n) is 6.92. The van der Waals surface area contributed by atoms with Crippen LogP contribution in [0.25, 0.3) is 0 Å². The molecule has 0 aliphatic heterocycles. The molecule has 0 aromatic heterocycles. The molecule has 0 heterocycles. The van der Waals surface area contributed by atoms with Gasteiger partial charge >= 0.3 is 0 Å². The van der Waals surface area contributed by atoms with E-state index in [9.17, 15) is 4.79 Å². The van der Waals surface area contributed by atoms with Crippen LogP contribution < -0.4 is 5.32 Å². The van der Waals surface area contributed by atoms with Crippen molar-refractivity contribution in [3.05, 3.63) is 35.9 Å². The van der Waals surface area contributed by atoms with Crippen molar-refractivity contribution in [1.82, 2.24) is 5.32 Å². The minimum atomic E-state index is -0.360. The molecule has 1 aromatic carbocycles. The van der Waals surface area contributed by atoms with E-state index in [1.165, 1.54) is 5.56 Å². The number of carbonyl (C=O) groups is 1. The zero-order valence-electron chi connectivity index (χ0n) is 12.1. The number of amides is 1. The van der Waals surface area contributed by atoms with Gasteiger partial charge in [-0.15, -0.1) is 0 Å². The highest BCUT2D eigenvalue weighted by Gasteiger charge is 2.21. The van der Waals surface area contributed by atoms with Gasteiger partial charge in [0.1, 0.15) is 0 Å². The predicted octanol–water partition coefficient (Wildman–Crippen LogP) is 2.63. The van der Waals surface area contributed by atoms with Gasteiger partial charge in [-0.2, -0.15) is 0 Å². The second-order valence-corrected chi connectivity index (χ2v) is 5.74. The van der Waals surface area contributed by atoms with Gasteiger partial charge in [-0.3, -0.25) is 4.79 Å². The highest BCUT2D eigenvalue weighted by Crippen LogP contribution is 2.27. The molecule has 0 radical (unpaired) electrons. The lowest BCUT2D eigenvalue weighted by Gasteiger charge is -2.25. The Morgan fingerprint density at radius 3 is 2.53 bits per heavy atom. The Hall–Kier alpha value is -1.35. The van der Waals surface area contributed by atoms with Crippen LogP contribution >= 0.6 is 0 Å². The second kappa shape index (κ2) is 7.29. The summed E-state index contributed by atoms with van der Waals surface area (Å²) >= 11 is 0. The van der Waals surface area contributed by atoms with Crippen molar-refractivity contribution in [2.45, 2.75) is 51.6 Å². The molecular formula is C16H25NO2. The molecule has 0 spiro atoms. The Morgan fingerprint density at radius 2 is 1.95 bits per heavy atom. The molecule has 0 bridgehead atoms. The molecule has 1 unspecified atom stereocenters. The topological polar surface area (TPSA) is 49.3 Å². The number of hydrogen-bond donors (Lipinski definition) is 2. The van der Waals surface area contributed by atoms with E-state index in [4.69, 9.17) is 5.11 Å². The normalized spacial score (nSPS) is 13.1. The van der Waals surface area contributed by atoms with Gasteiger partial charge in [0.05, 0.1) is 6.10 Å². The largest absolute Gasteiger partial charge is 0.393 e. The van der Waals surface area contributed by atoms with Crippen LogP contribution in [0, 0.1) is 0 Å². The summed E-state index contributed by atoms with van der Waals surface area (Å²) in [5.41, 5.74) is 1.26. The van der Waals surface area contributed by atoms with Crippen LogP contribution in [0.4, 0.5) is 0 Å². The van der Waals surface area contributed by atoms with E-state index in [2.05, 4.69) is 31.3 Å². The lowest BCUT2D eigenvalue weighted by atomic mass is 9.80. The smallest absolute Gasteiger partial charge is 0.220 e. The Kier molecular flexibility index (Phi) is 6.03. The number of aliphatic hydroxyl groups is 1. The third-order valence-electron chi connectivity index (χ3n) is 3.42. The summed E-state index contributed by atoms with van der Waals surface area (Å²) in [5.74, 6) is 0.0599. The molecule has 19 heavy (non-hydrogen) atoms. The Labute approximate surface area is 116 Å². The van der Waals surface area contributed by atoms with Gasteiger partial charge in [0.2, 0.25) is 5.91 Å². The summed E-state index contributed by atoms with van der Waals surface area (Å²) in [4.78, 5) is 11.7. The maximum Gasteiger partial charge on any atom is 0.220 e. The Balaban J connectivity index is 2.37. The van der Waals surface area contributed by atoms with E-state index in [-0.39, 0.29) is 17.4 Å². The van der Waals surface area contributed by atoms with Crippen molar-refractivity contribution in [1.29, 1.82) is 0 Å². The number of carbonyl (C=O) groups excluding carboxylic acids is 1. The van der Waals surface area contributed by atoms with Crippen LogP contribution in [-0.2, 0) is 10.2 Å². The summed E-state index contributed by atoms with van der Waals surface area (Å²) in [6.45, 7) is 6.59. The second-order valence-electron chi connectivity index (χ2n) is 5.74. The molecule has 0 saturated carbocycles. The maximum atomic E-state index is 11.7. The number of aliphatic hydroxyl groups excluding tert-OH is 1. The minimum Gasteiger partial charge on any atom is -0.393 e. The van der Waals surface area contributed by atoms with Crippen molar-refractivity contribution in [3.8, 4) is 0 Å². The molecule has 3 heteroatoms.